The maximum atomic E-state index is 12.4. The minimum atomic E-state index is -3.90. The van der Waals surface area contributed by atoms with Gasteiger partial charge >= 0.3 is 0 Å². The summed E-state index contributed by atoms with van der Waals surface area (Å²) in [6.45, 7) is 5.49. The van der Waals surface area contributed by atoms with Crippen molar-refractivity contribution in [2.24, 2.45) is 5.14 Å². The molecule has 118 valence electrons. The Balaban J connectivity index is 3.26. The van der Waals surface area contributed by atoms with Crippen LogP contribution in [0.2, 0.25) is 0 Å². The van der Waals surface area contributed by atoms with E-state index in [1.54, 1.807) is 13.0 Å². The van der Waals surface area contributed by atoms with Crippen molar-refractivity contribution in [1.29, 1.82) is 0 Å². The Morgan fingerprint density at radius 3 is 2.48 bits per heavy atom. The van der Waals surface area contributed by atoms with Crippen LogP contribution in [0.15, 0.2) is 21.5 Å². The van der Waals surface area contributed by atoms with Crippen LogP contribution in [0.5, 0.6) is 0 Å². The molecule has 1 rings (SSSR count). The highest BCUT2D eigenvalue weighted by Gasteiger charge is 2.24. The maximum Gasteiger partial charge on any atom is 0.252 e. The average Bonchev–Trinajstić information content (AvgIpc) is 2.29. The Hall–Kier alpha value is -0.960. The molecule has 0 aliphatic rings. The van der Waals surface area contributed by atoms with Crippen LogP contribution in [-0.2, 0) is 14.8 Å². The van der Waals surface area contributed by atoms with Crippen molar-refractivity contribution in [2.45, 2.75) is 31.2 Å². The van der Waals surface area contributed by atoms with Gasteiger partial charge in [0, 0.05) is 17.1 Å². The second-order valence-corrected chi connectivity index (χ2v) is 7.84. The van der Waals surface area contributed by atoms with Gasteiger partial charge in [-0.15, -0.1) is 0 Å². The van der Waals surface area contributed by atoms with E-state index >= 15 is 0 Å². The van der Waals surface area contributed by atoms with Crippen molar-refractivity contribution < 1.29 is 17.9 Å². The fourth-order valence-corrected chi connectivity index (χ4v) is 3.39. The first-order valence-electron chi connectivity index (χ1n) is 6.12. The van der Waals surface area contributed by atoms with E-state index in [0.717, 1.165) is 0 Å². The smallest absolute Gasteiger partial charge is 0.252 e. The highest BCUT2D eigenvalue weighted by molar-refractivity contribution is 9.10. The lowest BCUT2D eigenvalue weighted by Gasteiger charge is -2.26. The van der Waals surface area contributed by atoms with Crippen LogP contribution in [-0.4, -0.2) is 33.6 Å². The molecule has 1 aromatic carbocycles. The topological polar surface area (TPSA) is 98.5 Å². The summed E-state index contributed by atoms with van der Waals surface area (Å²) in [4.78, 5) is 12.3. The van der Waals surface area contributed by atoms with Crippen LogP contribution in [0.3, 0.4) is 0 Å². The molecule has 0 unspecified atom stereocenters. The van der Waals surface area contributed by atoms with E-state index in [1.165, 1.54) is 13.2 Å². The highest BCUT2D eigenvalue weighted by Crippen LogP contribution is 2.24. The number of carbonyl (C=O) groups excluding carboxylic acids is 1. The number of methoxy groups -OCH3 is 1. The first-order valence-corrected chi connectivity index (χ1v) is 8.46. The Kier molecular flexibility index (Phi) is 5.54. The van der Waals surface area contributed by atoms with Crippen LogP contribution in [0.4, 0.5) is 0 Å². The van der Waals surface area contributed by atoms with Crippen LogP contribution >= 0.6 is 15.9 Å². The first kappa shape index (κ1) is 18.1. The molecular weight excluding hydrogens is 360 g/mol. The number of carbonyl (C=O) groups is 1. The fraction of sp³-hybridized carbons (Fsp3) is 0.462. The summed E-state index contributed by atoms with van der Waals surface area (Å²) < 4.78 is 28.6. The molecule has 3 N–H and O–H groups in total. The molecule has 1 aromatic rings. The van der Waals surface area contributed by atoms with Crippen LogP contribution in [0.1, 0.15) is 29.8 Å². The standard InChI is InChI=1S/C13H19BrN2O4S/c1-8-10(12(17)16-13(2,3)7-20-4)5-9(14)6-11(8)21(15,18)19/h5-6H,7H2,1-4H3,(H,16,17)(H2,15,18,19). The molecular formula is C13H19BrN2O4S. The van der Waals surface area contributed by atoms with E-state index in [2.05, 4.69) is 21.2 Å². The van der Waals surface area contributed by atoms with Gasteiger partial charge in [-0.2, -0.15) is 0 Å². The largest absolute Gasteiger partial charge is 0.382 e. The lowest BCUT2D eigenvalue weighted by atomic mass is 10.0. The molecule has 0 heterocycles. The molecule has 1 amide bonds. The zero-order valence-corrected chi connectivity index (χ0v) is 14.8. The molecule has 0 aliphatic carbocycles. The monoisotopic (exact) mass is 378 g/mol. The van der Waals surface area contributed by atoms with Gasteiger partial charge < -0.3 is 10.1 Å². The molecule has 0 bridgehead atoms. The summed E-state index contributed by atoms with van der Waals surface area (Å²) in [6.07, 6.45) is 0. The van der Waals surface area contributed by atoms with Gasteiger partial charge in [0.1, 0.15) is 0 Å². The summed E-state index contributed by atoms with van der Waals surface area (Å²) in [5.74, 6) is -0.388. The van der Waals surface area contributed by atoms with Crippen molar-refractivity contribution in [3.05, 3.63) is 27.7 Å². The minimum Gasteiger partial charge on any atom is -0.382 e. The molecule has 0 aromatic heterocycles. The number of nitrogens with two attached hydrogens (primary N) is 1. The Morgan fingerprint density at radius 2 is 2.00 bits per heavy atom. The Labute approximate surface area is 133 Å². The van der Waals surface area contributed by atoms with Crippen LogP contribution < -0.4 is 10.5 Å². The number of halogens is 1. The van der Waals surface area contributed by atoms with Gasteiger partial charge in [-0.25, -0.2) is 13.6 Å². The summed E-state index contributed by atoms with van der Waals surface area (Å²) in [6, 6.07) is 2.93. The number of rotatable bonds is 5. The zero-order valence-electron chi connectivity index (χ0n) is 12.4. The van der Waals surface area contributed by atoms with Gasteiger partial charge in [-0.3, -0.25) is 4.79 Å². The van der Waals surface area contributed by atoms with Gasteiger partial charge in [0.25, 0.3) is 5.91 Å². The highest BCUT2D eigenvalue weighted by atomic mass is 79.9. The van der Waals surface area contributed by atoms with E-state index in [9.17, 15) is 13.2 Å². The number of benzene rings is 1. The van der Waals surface area contributed by atoms with Gasteiger partial charge in [-0.1, -0.05) is 15.9 Å². The van der Waals surface area contributed by atoms with Gasteiger partial charge in [0.05, 0.1) is 17.0 Å². The number of ether oxygens (including phenoxy) is 1. The molecule has 8 heteroatoms. The number of hydrogen-bond donors (Lipinski definition) is 2. The van der Waals surface area contributed by atoms with E-state index < -0.39 is 15.6 Å². The second kappa shape index (κ2) is 6.43. The van der Waals surface area contributed by atoms with E-state index in [0.29, 0.717) is 16.6 Å². The van der Waals surface area contributed by atoms with E-state index in [-0.39, 0.29) is 16.4 Å². The number of sulfonamides is 1. The number of nitrogens with one attached hydrogen (secondary N) is 1. The lowest BCUT2D eigenvalue weighted by Crippen LogP contribution is -2.47. The Bertz CT molecular complexity index is 656. The molecule has 0 atom stereocenters. The van der Waals surface area contributed by atoms with Crippen LogP contribution in [0, 0.1) is 6.92 Å². The molecule has 21 heavy (non-hydrogen) atoms. The van der Waals surface area contributed by atoms with E-state index in [1.807, 2.05) is 13.8 Å². The summed E-state index contributed by atoms with van der Waals surface area (Å²) in [7, 11) is -2.36. The molecule has 0 fully saturated rings. The number of primary sulfonamides is 1. The molecule has 6 nitrogen and oxygen atoms in total. The number of amides is 1. The predicted octanol–water partition coefficient (Wildman–Crippen LogP) is 1.56. The van der Waals surface area contributed by atoms with Crippen LogP contribution in [0.25, 0.3) is 0 Å². The quantitative estimate of drug-likeness (QED) is 0.811. The van der Waals surface area contributed by atoms with Crippen molar-refractivity contribution in [3.8, 4) is 0 Å². The normalized spacial score (nSPS) is 12.3. The van der Waals surface area contributed by atoms with Gasteiger partial charge in [0.2, 0.25) is 10.0 Å². The minimum absolute atomic E-state index is 0.0772. The second-order valence-electron chi connectivity index (χ2n) is 5.39. The SMILES string of the molecule is COCC(C)(C)NC(=O)c1cc(Br)cc(S(N)(=O)=O)c1C. The van der Waals surface area contributed by atoms with Crippen molar-refractivity contribution in [2.75, 3.05) is 13.7 Å². The summed E-state index contributed by atoms with van der Waals surface area (Å²) >= 11 is 3.19. The number of hydrogen-bond acceptors (Lipinski definition) is 4. The summed E-state index contributed by atoms with van der Waals surface area (Å²) in [5.41, 5.74) is -0.0218. The third-order valence-corrected chi connectivity index (χ3v) is 4.33. The molecule has 0 aliphatic heterocycles. The predicted molar refractivity (Wildman–Crippen MR) is 83.7 cm³/mol. The molecule has 0 saturated heterocycles. The van der Waals surface area contributed by atoms with Gasteiger partial charge in [0.15, 0.2) is 0 Å². The molecule has 0 spiro atoms. The van der Waals surface area contributed by atoms with Crippen molar-refractivity contribution in [1.82, 2.24) is 5.32 Å². The third-order valence-electron chi connectivity index (χ3n) is 2.83. The maximum absolute atomic E-state index is 12.4. The zero-order chi connectivity index (χ0) is 16.4. The third kappa shape index (κ3) is 4.77. The lowest BCUT2D eigenvalue weighted by molar-refractivity contribution is 0.0819. The first-order chi connectivity index (χ1) is 9.48. The molecule has 0 radical (unpaired) electrons. The van der Waals surface area contributed by atoms with Gasteiger partial charge in [-0.05, 0) is 38.5 Å². The average molecular weight is 379 g/mol. The van der Waals surface area contributed by atoms with E-state index in [4.69, 9.17) is 9.88 Å². The van der Waals surface area contributed by atoms with Crippen molar-refractivity contribution >= 4 is 31.9 Å². The van der Waals surface area contributed by atoms with Crippen molar-refractivity contribution in [3.63, 3.8) is 0 Å². The molecule has 0 saturated carbocycles. The fourth-order valence-electron chi connectivity index (χ4n) is 1.96. The Morgan fingerprint density at radius 1 is 1.43 bits per heavy atom. The summed E-state index contributed by atoms with van der Waals surface area (Å²) in [5, 5.41) is 7.97.